The molecule has 0 bridgehead atoms. The summed E-state index contributed by atoms with van der Waals surface area (Å²) in [5.74, 6) is -0.581. The summed E-state index contributed by atoms with van der Waals surface area (Å²) in [6.07, 6.45) is -4.01. The number of hydrogen-bond donors (Lipinski definition) is 1. The van der Waals surface area contributed by atoms with Crippen LogP contribution in [0.25, 0.3) is 0 Å². The van der Waals surface area contributed by atoms with Crippen molar-refractivity contribution in [1.29, 1.82) is 0 Å². The lowest BCUT2D eigenvalue weighted by atomic mass is 10.1. The first-order chi connectivity index (χ1) is 9.88. The van der Waals surface area contributed by atoms with Crippen molar-refractivity contribution in [2.45, 2.75) is 12.6 Å². The van der Waals surface area contributed by atoms with Gasteiger partial charge in [0.2, 0.25) is 11.0 Å². The van der Waals surface area contributed by atoms with Gasteiger partial charge in [-0.2, -0.15) is 13.2 Å². The molecule has 21 heavy (non-hydrogen) atoms. The third-order valence-electron chi connectivity index (χ3n) is 2.47. The maximum atomic E-state index is 12.4. The van der Waals surface area contributed by atoms with Gasteiger partial charge >= 0.3 is 6.18 Å². The quantitative estimate of drug-likeness (QED) is 0.872. The minimum absolute atomic E-state index is 0.187. The Morgan fingerprint density at radius 3 is 2.48 bits per heavy atom. The van der Waals surface area contributed by atoms with Crippen LogP contribution in [-0.2, 0) is 17.4 Å². The normalized spacial score (nSPS) is 11.4. The number of halogens is 4. The highest BCUT2D eigenvalue weighted by Gasteiger charge is 2.29. The Hall–Kier alpha value is -1.67. The van der Waals surface area contributed by atoms with Crippen LogP contribution in [0, 0.1) is 0 Å². The number of nitrogens with one attached hydrogen (secondary N) is 1. The monoisotopic (exact) mass is 335 g/mol. The van der Waals surface area contributed by atoms with E-state index < -0.39 is 17.6 Å². The number of carbonyl (C=O) groups is 1. The van der Waals surface area contributed by atoms with Crippen LogP contribution < -0.4 is 5.32 Å². The first-order valence-corrected chi connectivity index (χ1v) is 7.08. The number of aromatic nitrogens is 2. The molecule has 0 aliphatic rings. The molecule has 2 aromatic rings. The van der Waals surface area contributed by atoms with Crippen molar-refractivity contribution >= 4 is 34.0 Å². The lowest BCUT2D eigenvalue weighted by Gasteiger charge is -2.06. The number of carbonyl (C=O) groups excluding carboxylic acids is 1. The number of anilines is 1. The summed E-state index contributed by atoms with van der Waals surface area (Å²) in [6, 6.07) is 4.82. The van der Waals surface area contributed by atoms with Gasteiger partial charge in [-0.1, -0.05) is 23.5 Å². The molecule has 0 fully saturated rings. The fourth-order valence-corrected chi connectivity index (χ4v) is 2.37. The molecule has 1 amide bonds. The molecule has 4 nitrogen and oxygen atoms in total. The minimum Gasteiger partial charge on any atom is -0.299 e. The molecule has 112 valence electrons. The van der Waals surface area contributed by atoms with E-state index in [0.717, 1.165) is 23.5 Å². The van der Waals surface area contributed by atoms with E-state index in [2.05, 4.69) is 15.5 Å². The Morgan fingerprint density at radius 1 is 1.24 bits per heavy atom. The first kappa shape index (κ1) is 15.7. The number of rotatable bonds is 4. The van der Waals surface area contributed by atoms with Gasteiger partial charge in [0.25, 0.3) is 0 Å². The van der Waals surface area contributed by atoms with E-state index in [1.807, 2.05) is 0 Å². The SMILES string of the molecule is O=C(CCl)Nc1nnc(Cc2ccc(C(F)(F)F)cc2)s1. The molecule has 0 atom stereocenters. The van der Waals surface area contributed by atoms with Crippen molar-refractivity contribution < 1.29 is 18.0 Å². The third kappa shape index (κ3) is 4.40. The Balaban J connectivity index is 2.03. The van der Waals surface area contributed by atoms with E-state index in [0.29, 0.717) is 22.1 Å². The lowest BCUT2D eigenvalue weighted by Crippen LogP contribution is -2.12. The molecule has 1 heterocycles. The van der Waals surface area contributed by atoms with Crippen LogP contribution in [0.3, 0.4) is 0 Å². The fraction of sp³-hybridized carbons (Fsp3) is 0.250. The molecule has 1 N–H and O–H groups in total. The molecule has 0 radical (unpaired) electrons. The highest BCUT2D eigenvalue weighted by atomic mass is 35.5. The predicted octanol–water partition coefficient (Wildman–Crippen LogP) is 3.33. The summed E-state index contributed by atoms with van der Waals surface area (Å²) in [5, 5.41) is 11.0. The van der Waals surface area contributed by atoms with Crippen molar-refractivity contribution in [3.05, 3.63) is 40.4 Å². The van der Waals surface area contributed by atoms with E-state index in [-0.39, 0.29) is 5.88 Å². The molecule has 0 aliphatic carbocycles. The average Bonchev–Trinajstić information content (AvgIpc) is 2.85. The Morgan fingerprint density at radius 2 is 1.90 bits per heavy atom. The molecule has 0 unspecified atom stereocenters. The molecular weight excluding hydrogens is 327 g/mol. The standard InChI is InChI=1S/C12H9ClF3N3OS/c13-6-9(20)17-11-19-18-10(21-11)5-7-1-3-8(4-2-7)12(14,15)16/h1-4H,5-6H2,(H,17,19,20). The zero-order chi connectivity index (χ0) is 15.5. The van der Waals surface area contributed by atoms with Crippen LogP contribution >= 0.6 is 22.9 Å². The first-order valence-electron chi connectivity index (χ1n) is 5.73. The molecule has 1 aromatic heterocycles. The van der Waals surface area contributed by atoms with Crippen LogP contribution in [0.4, 0.5) is 18.3 Å². The summed E-state index contributed by atoms with van der Waals surface area (Å²) in [5.41, 5.74) is -0.0204. The largest absolute Gasteiger partial charge is 0.416 e. The van der Waals surface area contributed by atoms with E-state index in [4.69, 9.17) is 11.6 Å². The fourth-order valence-electron chi connectivity index (χ4n) is 1.51. The second kappa shape index (κ2) is 6.40. The van der Waals surface area contributed by atoms with Gasteiger partial charge in [-0.3, -0.25) is 10.1 Å². The molecule has 2 rings (SSSR count). The maximum absolute atomic E-state index is 12.4. The van der Waals surface area contributed by atoms with Crippen molar-refractivity contribution in [2.75, 3.05) is 11.2 Å². The molecule has 0 saturated carbocycles. The molecule has 0 saturated heterocycles. The highest BCUT2D eigenvalue weighted by molar-refractivity contribution is 7.15. The Labute approximate surface area is 127 Å². The second-order valence-electron chi connectivity index (χ2n) is 4.05. The van der Waals surface area contributed by atoms with Crippen molar-refractivity contribution in [1.82, 2.24) is 10.2 Å². The molecule has 0 aliphatic heterocycles. The molecular formula is C12H9ClF3N3OS. The Kier molecular flexibility index (Phi) is 4.79. The van der Waals surface area contributed by atoms with Crippen molar-refractivity contribution in [3.8, 4) is 0 Å². The zero-order valence-corrected chi connectivity index (χ0v) is 12.0. The maximum Gasteiger partial charge on any atom is 0.416 e. The Bertz CT molecular complexity index is 627. The minimum atomic E-state index is -4.35. The molecule has 1 aromatic carbocycles. The van der Waals surface area contributed by atoms with Gasteiger partial charge in [0.15, 0.2) is 0 Å². The predicted molar refractivity (Wildman–Crippen MR) is 73.5 cm³/mol. The third-order valence-corrected chi connectivity index (χ3v) is 3.55. The van der Waals surface area contributed by atoms with E-state index in [9.17, 15) is 18.0 Å². The number of amides is 1. The van der Waals surface area contributed by atoms with Crippen LogP contribution in [-0.4, -0.2) is 22.0 Å². The molecule has 0 spiro atoms. The van der Waals surface area contributed by atoms with E-state index >= 15 is 0 Å². The lowest BCUT2D eigenvalue weighted by molar-refractivity contribution is -0.137. The van der Waals surface area contributed by atoms with Gasteiger partial charge in [0.1, 0.15) is 10.9 Å². The van der Waals surface area contributed by atoms with Gasteiger partial charge in [0.05, 0.1) is 5.56 Å². The van der Waals surface area contributed by atoms with Gasteiger partial charge in [-0.25, -0.2) is 0 Å². The summed E-state index contributed by atoms with van der Waals surface area (Å²) in [7, 11) is 0. The zero-order valence-electron chi connectivity index (χ0n) is 10.4. The molecule has 9 heteroatoms. The highest BCUT2D eigenvalue weighted by Crippen LogP contribution is 2.29. The summed E-state index contributed by atoms with van der Waals surface area (Å²) in [6.45, 7) is 0. The average molecular weight is 336 g/mol. The number of nitrogens with zero attached hydrogens (tertiary/aromatic N) is 2. The van der Waals surface area contributed by atoms with Gasteiger partial charge in [0, 0.05) is 6.42 Å². The van der Waals surface area contributed by atoms with E-state index in [1.54, 1.807) is 0 Å². The summed E-state index contributed by atoms with van der Waals surface area (Å²) < 4.78 is 37.3. The second-order valence-corrected chi connectivity index (χ2v) is 5.38. The summed E-state index contributed by atoms with van der Waals surface area (Å²) >= 11 is 6.49. The van der Waals surface area contributed by atoms with Gasteiger partial charge in [-0.05, 0) is 17.7 Å². The van der Waals surface area contributed by atoms with Crippen molar-refractivity contribution in [3.63, 3.8) is 0 Å². The smallest absolute Gasteiger partial charge is 0.299 e. The number of hydrogen-bond acceptors (Lipinski definition) is 4. The van der Waals surface area contributed by atoms with Crippen LogP contribution in [0.2, 0.25) is 0 Å². The number of benzene rings is 1. The van der Waals surface area contributed by atoms with Gasteiger partial charge in [-0.15, -0.1) is 21.8 Å². The topological polar surface area (TPSA) is 54.9 Å². The number of alkyl halides is 4. The van der Waals surface area contributed by atoms with E-state index in [1.165, 1.54) is 12.1 Å². The van der Waals surface area contributed by atoms with Gasteiger partial charge < -0.3 is 0 Å². The van der Waals surface area contributed by atoms with Crippen LogP contribution in [0.5, 0.6) is 0 Å². The summed E-state index contributed by atoms with van der Waals surface area (Å²) in [4.78, 5) is 11.1. The van der Waals surface area contributed by atoms with Crippen molar-refractivity contribution in [2.24, 2.45) is 0 Å². The van der Waals surface area contributed by atoms with Crippen LogP contribution in [0.1, 0.15) is 16.1 Å². The van der Waals surface area contributed by atoms with Crippen LogP contribution in [0.15, 0.2) is 24.3 Å².